The molecule has 7 heteroatoms. The zero-order chi connectivity index (χ0) is 19.9. The van der Waals surface area contributed by atoms with Crippen molar-refractivity contribution in [1.29, 1.82) is 0 Å². The van der Waals surface area contributed by atoms with E-state index in [1.54, 1.807) is 11.1 Å². The summed E-state index contributed by atoms with van der Waals surface area (Å²) in [5.74, 6) is 0.833. The lowest BCUT2D eigenvalue weighted by Crippen LogP contribution is -2.50. The van der Waals surface area contributed by atoms with Crippen molar-refractivity contribution in [1.82, 2.24) is 4.90 Å². The molecule has 1 atom stereocenters. The third-order valence-corrected chi connectivity index (χ3v) is 3.81. The minimum absolute atomic E-state index is 0.338. The van der Waals surface area contributed by atoms with Crippen molar-refractivity contribution in [3.63, 3.8) is 0 Å². The van der Waals surface area contributed by atoms with E-state index in [9.17, 15) is 4.79 Å². The molecule has 0 spiro atoms. The molecule has 1 aliphatic heterocycles. The number of hydrogen-bond acceptors (Lipinski definition) is 6. The van der Waals surface area contributed by atoms with E-state index < -0.39 is 17.4 Å². The maximum absolute atomic E-state index is 12.5. The molecule has 7 nitrogen and oxygen atoms in total. The fourth-order valence-electron chi connectivity index (χ4n) is 2.60. The van der Waals surface area contributed by atoms with E-state index in [0.717, 1.165) is 5.75 Å². The molecule has 2 rings (SSSR count). The van der Waals surface area contributed by atoms with Gasteiger partial charge < -0.3 is 19.0 Å². The Morgan fingerprint density at radius 1 is 1.30 bits per heavy atom. The van der Waals surface area contributed by atoms with Gasteiger partial charge in [-0.3, -0.25) is 4.90 Å². The number of nitrogens with zero attached hydrogens (tertiary/aromatic N) is 2. The lowest BCUT2D eigenvalue weighted by Gasteiger charge is -2.33. The van der Waals surface area contributed by atoms with E-state index in [2.05, 4.69) is 5.16 Å². The highest BCUT2D eigenvalue weighted by Gasteiger charge is 2.45. The summed E-state index contributed by atoms with van der Waals surface area (Å²) < 4.78 is 16.8. The Balaban J connectivity index is 1.76. The van der Waals surface area contributed by atoms with Gasteiger partial charge in [-0.05, 0) is 46.8 Å². The van der Waals surface area contributed by atoms with Crippen LogP contribution >= 0.6 is 0 Å². The van der Waals surface area contributed by atoms with Gasteiger partial charge in [-0.2, -0.15) is 0 Å². The third-order valence-electron chi connectivity index (χ3n) is 3.81. The van der Waals surface area contributed by atoms with Gasteiger partial charge in [-0.15, -0.1) is 0 Å². The molecular weight excluding hydrogens is 348 g/mol. The van der Waals surface area contributed by atoms with Gasteiger partial charge in [-0.1, -0.05) is 23.4 Å². The summed E-state index contributed by atoms with van der Waals surface area (Å²) in [5.41, 5.74) is -1.34. The Morgan fingerprint density at radius 2 is 2.00 bits per heavy atom. The molecule has 0 aromatic heterocycles. The number of carbonyl (C=O) groups excluding carboxylic acids is 1. The molecule has 1 amide bonds. The van der Waals surface area contributed by atoms with Crippen LogP contribution in [0.15, 0.2) is 35.5 Å². The van der Waals surface area contributed by atoms with E-state index in [1.165, 1.54) is 0 Å². The first-order valence-electron chi connectivity index (χ1n) is 9.19. The van der Waals surface area contributed by atoms with E-state index in [-0.39, 0.29) is 6.04 Å². The molecule has 0 bridgehead atoms. The molecule has 1 aliphatic rings. The second-order valence-electron chi connectivity index (χ2n) is 7.78. The van der Waals surface area contributed by atoms with Crippen LogP contribution in [0.25, 0.3) is 0 Å². The average Bonchev–Trinajstić information content (AvgIpc) is 2.88. The van der Waals surface area contributed by atoms with Gasteiger partial charge in [-0.25, -0.2) is 4.79 Å². The van der Waals surface area contributed by atoms with Crippen LogP contribution in [-0.2, 0) is 14.3 Å². The Hall–Kier alpha value is -2.28. The van der Waals surface area contributed by atoms with Gasteiger partial charge in [0.15, 0.2) is 0 Å². The molecule has 27 heavy (non-hydrogen) atoms. The van der Waals surface area contributed by atoms with Crippen molar-refractivity contribution in [2.75, 3.05) is 19.8 Å². The van der Waals surface area contributed by atoms with Gasteiger partial charge in [0.1, 0.15) is 29.7 Å². The molecule has 0 N–H and O–H groups in total. The van der Waals surface area contributed by atoms with E-state index >= 15 is 0 Å². The van der Waals surface area contributed by atoms with Crippen LogP contribution in [0.3, 0.4) is 0 Å². The quantitative estimate of drug-likeness (QED) is 0.410. The van der Waals surface area contributed by atoms with Gasteiger partial charge in [0.25, 0.3) is 0 Å². The van der Waals surface area contributed by atoms with E-state index in [4.69, 9.17) is 19.0 Å². The fraction of sp³-hybridized carbons (Fsp3) is 0.600. The van der Waals surface area contributed by atoms with Crippen LogP contribution in [0, 0.1) is 0 Å². The Labute approximate surface area is 161 Å². The number of ether oxygens (including phenoxy) is 3. The second kappa shape index (κ2) is 9.08. The smallest absolute Gasteiger partial charge is 0.413 e. The minimum Gasteiger partial charge on any atom is -0.493 e. The van der Waals surface area contributed by atoms with Crippen LogP contribution < -0.4 is 4.74 Å². The molecule has 1 fully saturated rings. The fourth-order valence-corrected chi connectivity index (χ4v) is 2.60. The number of carbonyl (C=O) groups is 1. The van der Waals surface area contributed by atoms with Gasteiger partial charge in [0.2, 0.25) is 0 Å². The van der Waals surface area contributed by atoms with Crippen LogP contribution in [0.4, 0.5) is 4.79 Å². The number of hydrogen-bond donors (Lipinski definition) is 0. The van der Waals surface area contributed by atoms with Crippen LogP contribution in [0.2, 0.25) is 0 Å². The summed E-state index contributed by atoms with van der Waals surface area (Å²) >= 11 is 0. The summed E-state index contributed by atoms with van der Waals surface area (Å²) in [7, 11) is 0. The number of amides is 1. The Bertz CT molecular complexity index is 625. The second-order valence-corrected chi connectivity index (χ2v) is 7.78. The maximum atomic E-state index is 12.5. The Morgan fingerprint density at radius 3 is 2.67 bits per heavy atom. The molecule has 1 aromatic carbocycles. The lowest BCUT2D eigenvalue weighted by molar-refractivity contribution is -0.0604. The standard InChI is InChI=1S/C20H30N2O5/c1-19(2,3)27-18(23)22-16(15-25-20(22,4)5)14-21-26-13-9-12-24-17-10-7-6-8-11-17/h6-8,10-11,14,16H,9,12-13,15H2,1-5H3/b21-14+. The normalized spacial score (nSPS) is 19.3. The first-order valence-corrected chi connectivity index (χ1v) is 9.19. The van der Waals surface area contributed by atoms with Crippen molar-refractivity contribution < 1.29 is 23.8 Å². The van der Waals surface area contributed by atoms with Crippen LogP contribution in [-0.4, -0.2) is 54.4 Å². The molecule has 0 radical (unpaired) electrons. The number of oxime groups is 1. The average molecular weight is 378 g/mol. The molecule has 150 valence electrons. The number of para-hydroxylation sites is 1. The summed E-state index contributed by atoms with van der Waals surface area (Å²) in [4.78, 5) is 19.3. The van der Waals surface area contributed by atoms with Gasteiger partial charge in [0.05, 0.1) is 19.4 Å². The predicted octanol–water partition coefficient (Wildman–Crippen LogP) is 3.83. The van der Waals surface area contributed by atoms with Gasteiger partial charge >= 0.3 is 6.09 Å². The number of rotatable bonds is 7. The van der Waals surface area contributed by atoms with Crippen molar-refractivity contribution in [3.8, 4) is 5.75 Å². The van der Waals surface area contributed by atoms with E-state index in [0.29, 0.717) is 26.2 Å². The Kier molecular flexibility index (Phi) is 7.07. The molecule has 1 heterocycles. The first-order chi connectivity index (χ1) is 12.7. The SMILES string of the molecule is CC(C)(C)OC(=O)N1C(/C=N/OCCCOc2ccccc2)COC1(C)C. The predicted molar refractivity (Wildman–Crippen MR) is 103 cm³/mol. The minimum atomic E-state index is -0.761. The van der Waals surface area contributed by atoms with Gasteiger partial charge in [0, 0.05) is 6.42 Å². The molecule has 1 unspecified atom stereocenters. The molecule has 0 aliphatic carbocycles. The molecule has 1 aromatic rings. The molecular formula is C20H30N2O5. The zero-order valence-corrected chi connectivity index (χ0v) is 16.8. The highest BCUT2D eigenvalue weighted by Crippen LogP contribution is 2.28. The third kappa shape index (κ3) is 6.75. The summed E-state index contributed by atoms with van der Waals surface area (Å²) in [6.07, 6.45) is 1.85. The van der Waals surface area contributed by atoms with Crippen molar-refractivity contribution in [2.45, 2.75) is 58.4 Å². The number of benzene rings is 1. The van der Waals surface area contributed by atoms with E-state index in [1.807, 2.05) is 65.0 Å². The molecule has 1 saturated heterocycles. The highest BCUT2D eigenvalue weighted by atomic mass is 16.6. The lowest BCUT2D eigenvalue weighted by atomic mass is 10.2. The zero-order valence-electron chi connectivity index (χ0n) is 16.8. The summed E-state index contributed by atoms with van der Waals surface area (Å²) in [6.45, 7) is 10.5. The monoisotopic (exact) mass is 378 g/mol. The van der Waals surface area contributed by atoms with Crippen LogP contribution in [0.5, 0.6) is 5.75 Å². The largest absolute Gasteiger partial charge is 0.493 e. The molecule has 0 saturated carbocycles. The maximum Gasteiger partial charge on any atom is 0.413 e. The topological polar surface area (TPSA) is 69.6 Å². The summed E-state index contributed by atoms with van der Waals surface area (Å²) in [5, 5.41) is 3.98. The highest BCUT2D eigenvalue weighted by molar-refractivity contribution is 5.77. The van der Waals surface area contributed by atoms with Crippen LogP contribution in [0.1, 0.15) is 41.0 Å². The van der Waals surface area contributed by atoms with Crippen molar-refractivity contribution in [3.05, 3.63) is 30.3 Å². The first kappa shape index (κ1) is 21.0. The van der Waals surface area contributed by atoms with Crippen molar-refractivity contribution in [2.24, 2.45) is 5.16 Å². The summed E-state index contributed by atoms with van der Waals surface area (Å²) in [6, 6.07) is 9.28. The van der Waals surface area contributed by atoms with Crippen molar-refractivity contribution >= 4 is 12.3 Å².